The van der Waals surface area contributed by atoms with Gasteiger partial charge < -0.3 is 10.5 Å². The van der Waals surface area contributed by atoms with Crippen LogP contribution in [0.2, 0.25) is 0 Å². The average molecular weight is 474 g/mol. The third kappa shape index (κ3) is 4.30. The Bertz CT molecular complexity index is 1280. The molecule has 11 heteroatoms. The Kier molecular flexibility index (Phi) is 5.63. The molecule has 32 heavy (non-hydrogen) atoms. The van der Waals surface area contributed by atoms with E-state index < -0.39 is 21.3 Å². The van der Waals surface area contributed by atoms with E-state index in [2.05, 4.69) is 19.7 Å². The molecule has 0 atom stereocenters. The van der Waals surface area contributed by atoms with Gasteiger partial charge in [0.05, 0.1) is 36.1 Å². The first-order valence-electron chi connectivity index (χ1n) is 9.90. The number of nitrogens with zero attached hydrogens (tertiary/aromatic N) is 3. The van der Waals surface area contributed by atoms with Gasteiger partial charge in [-0.15, -0.1) is 11.3 Å². The number of anilines is 1. The molecule has 1 aliphatic carbocycles. The van der Waals surface area contributed by atoms with Crippen molar-refractivity contribution in [2.24, 2.45) is 5.73 Å². The van der Waals surface area contributed by atoms with E-state index in [9.17, 15) is 13.2 Å². The van der Waals surface area contributed by atoms with Crippen molar-refractivity contribution in [3.05, 3.63) is 52.8 Å². The Balaban J connectivity index is 1.78. The van der Waals surface area contributed by atoms with Crippen molar-refractivity contribution in [2.75, 3.05) is 11.8 Å². The number of benzene rings is 1. The number of nitrogens with two attached hydrogens (primary N) is 1. The molecule has 0 radical (unpaired) electrons. The minimum Gasteiger partial charge on any atom is -0.480 e. The topological polar surface area (TPSA) is 137 Å². The van der Waals surface area contributed by atoms with Crippen molar-refractivity contribution < 1.29 is 17.9 Å². The third-order valence-electron chi connectivity index (χ3n) is 5.41. The summed E-state index contributed by atoms with van der Waals surface area (Å²) in [6, 6.07) is 5.12. The Hall–Kier alpha value is -3.05. The van der Waals surface area contributed by atoms with Crippen LogP contribution < -0.4 is 15.2 Å². The molecule has 1 fully saturated rings. The number of carbonyl (C=O) groups is 1. The van der Waals surface area contributed by atoms with Gasteiger partial charge in [0, 0.05) is 21.9 Å². The van der Waals surface area contributed by atoms with Crippen molar-refractivity contribution in [1.82, 2.24) is 15.0 Å². The highest BCUT2D eigenvalue weighted by Gasteiger charge is 2.37. The molecule has 3 N–H and O–H groups in total. The molecule has 0 aliphatic heterocycles. The maximum atomic E-state index is 12.3. The molecule has 2 heterocycles. The van der Waals surface area contributed by atoms with Crippen LogP contribution in [0.1, 0.15) is 48.3 Å². The highest BCUT2D eigenvalue weighted by Crippen LogP contribution is 2.40. The van der Waals surface area contributed by atoms with E-state index in [-0.39, 0.29) is 5.25 Å². The molecule has 1 amide bonds. The molecule has 1 saturated carbocycles. The van der Waals surface area contributed by atoms with E-state index in [1.54, 1.807) is 24.4 Å². The number of rotatable bonds is 8. The highest BCUT2D eigenvalue weighted by atomic mass is 32.2. The number of hydrogen-bond acceptors (Lipinski definition) is 8. The van der Waals surface area contributed by atoms with Crippen LogP contribution in [-0.4, -0.2) is 41.6 Å². The van der Waals surface area contributed by atoms with Gasteiger partial charge in [-0.25, -0.2) is 18.4 Å². The summed E-state index contributed by atoms with van der Waals surface area (Å²) in [5.74, 6) is -0.197. The van der Waals surface area contributed by atoms with Gasteiger partial charge in [-0.3, -0.25) is 14.5 Å². The van der Waals surface area contributed by atoms with Crippen LogP contribution in [0.25, 0.3) is 11.3 Å². The van der Waals surface area contributed by atoms with Crippen molar-refractivity contribution in [1.29, 1.82) is 0 Å². The van der Waals surface area contributed by atoms with Crippen LogP contribution >= 0.6 is 11.3 Å². The molecule has 168 valence electrons. The lowest BCUT2D eigenvalue weighted by Crippen LogP contribution is -2.23. The lowest BCUT2D eigenvalue weighted by Gasteiger charge is -2.26. The second-order valence-corrected chi connectivity index (χ2v) is 10.9. The van der Waals surface area contributed by atoms with Gasteiger partial charge in [0.1, 0.15) is 0 Å². The molecule has 4 rings (SSSR count). The number of nitrogens with one attached hydrogen (secondary N) is 1. The van der Waals surface area contributed by atoms with Gasteiger partial charge in [-0.1, -0.05) is 19.9 Å². The monoisotopic (exact) mass is 473 g/mol. The fourth-order valence-corrected chi connectivity index (χ4v) is 5.82. The van der Waals surface area contributed by atoms with Gasteiger partial charge in [0.15, 0.2) is 5.13 Å². The zero-order valence-corrected chi connectivity index (χ0v) is 19.5. The van der Waals surface area contributed by atoms with Crippen LogP contribution in [0.15, 0.2) is 36.0 Å². The number of aromatic nitrogens is 3. The summed E-state index contributed by atoms with van der Waals surface area (Å²) in [6.07, 6.45) is 4.45. The fraction of sp³-hybridized carbons (Fsp3) is 0.333. The zero-order chi connectivity index (χ0) is 23.1. The van der Waals surface area contributed by atoms with Crippen molar-refractivity contribution >= 4 is 32.4 Å². The molecular formula is C21H23N5O4S2. The molecule has 2 aromatic heterocycles. The van der Waals surface area contributed by atoms with Crippen molar-refractivity contribution in [3.63, 3.8) is 0 Å². The first-order chi connectivity index (χ1) is 15.1. The number of methoxy groups -OCH3 is 1. The van der Waals surface area contributed by atoms with E-state index in [4.69, 9.17) is 10.5 Å². The summed E-state index contributed by atoms with van der Waals surface area (Å²) in [5, 5.41) is 1.78. The number of carbonyl (C=O) groups excluding carboxylic acids is 1. The SMILES string of the molecule is COc1cncc(-c2ccc(C(N)=O)cc2C(C)(C)c2csc(NS(=O)(=O)C3CC3)n2)n1. The van der Waals surface area contributed by atoms with E-state index in [1.807, 2.05) is 19.2 Å². The molecule has 0 spiro atoms. The summed E-state index contributed by atoms with van der Waals surface area (Å²) < 4.78 is 32.4. The van der Waals surface area contributed by atoms with E-state index >= 15 is 0 Å². The Morgan fingerprint density at radius 3 is 2.66 bits per heavy atom. The average Bonchev–Trinajstić information content (AvgIpc) is 3.53. The fourth-order valence-electron chi connectivity index (χ4n) is 3.34. The van der Waals surface area contributed by atoms with Crippen LogP contribution in [0.4, 0.5) is 5.13 Å². The summed E-state index contributed by atoms with van der Waals surface area (Å²) in [4.78, 5) is 25.1. The zero-order valence-electron chi connectivity index (χ0n) is 17.8. The summed E-state index contributed by atoms with van der Waals surface area (Å²) >= 11 is 1.22. The predicted molar refractivity (Wildman–Crippen MR) is 122 cm³/mol. The van der Waals surface area contributed by atoms with Crippen LogP contribution in [-0.2, 0) is 15.4 Å². The molecular weight excluding hydrogens is 450 g/mol. The second-order valence-electron chi connectivity index (χ2n) is 8.08. The highest BCUT2D eigenvalue weighted by molar-refractivity contribution is 7.93. The third-order valence-corrected chi connectivity index (χ3v) is 8.13. The van der Waals surface area contributed by atoms with Crippen molar-refractivity contribution in [2.45, 2.75) is 37.4 Å². The van der Waals surface area contributed by atoms with Crippen LogP contribution in [0.5, 0.6) is 5.88 Å². The maximum absolute atomic E-state index is 12.3. The minimum atomic E-state index is -3.41. The first-order valence-corrected chi connectivity index (χ1v) is 12.3. The van der Waals surface area contributed by atoms with Crippen LogP contribution in [0, 0.1) is 0 Å². The Morgan fingerprint density at radius 1 is 1.25 bits per heavy atom. The standard InChI is InChI=1S/C21H23N5O4S2/c1-21(2,17-11-31-20(25-17)26-32(28,29)13-5-6-13)15-8-12(19(22)27)4-7-14(15)16-9-23-10-18(24-16)30-3/h4,7-11,13H,5-6H2,1-3H3,(H2,22,27)(H,25,26). The molecule has 3 aromatic rings. The number of ether oxygens (including phenoxy) is 1. The number of sulfonamides is 1. The Morgan fingerprint density at radius 2 is 2.00 bits per heavy atom. The van der Waals surface area contributed by atoms with Gasteiger partial charge in [0.2, 0.25) is 21.8 Å². The van der Waals surface area contributed by atoms with E-state index in [0.717, 1.165) is 11.1 Å². The predicted octanol–water partition coefficient (Wildman–Crippen LogP) is 2.94. The summed E-state index contributed by atoms with van der Waals surface area (Å²) in [7, 11) is -1.90. The molecule has 9 nitrogen and oxygen atoms in total. The number of hydrogen-bond donors (Lipinski definition) is 2. The van der Waals surface area contributed by atoms with E-state index in [1.165, 1.54) is 24.6 Å². The van der Waals surface area contributed by atoms with Crippen molar-refractivity contribution in [3.8, 4) is 17.1 Å². The lowest BCUT2D eigenvalue weighted by molar-refractivity contribution is 0.1000. The maximum Gasteiger partial charge on any atom is 0.248 e. The number of primary amides is 1. The molecule has 1 aliphatic rings. The molecule has 0 saturated heterocycles. The molecule has 1 aromatic carbocycles. The normalized spacial score (nSPS) is 14.2. The summed E-state index contributed by atoms with van der Waals surface area (Å²) in [5.41, 5.74) is 7.87. The van der Waals surface area contributed by atoms with Gasteiger partial charge in [-0.2, -0.15) is 0 Å². The second kappa shape index (κ2) is 8.14. The first kappa shape index (κ1) is 22.2. The number of amides is 1. The minimum absolute atomic E-state index is 0.314. The van der Waals surface area contributed by atoms with Gasteiger partial charge in [0.25, 0.3) is 0 Å². The Labute approximate surface area is 190 Å². The summed E-state index contributed by atoms with van der Waals surface area (Å²) in [6.45, 7) is 3.89. The van der Waals surface area contributed by atoms with E-state index in [0.29, 0.717) is 40.8 Å². The largest absolute Gasteiger partial charge is 0.480 e. The lowest BCUT2D eigenvalue weighted by atomic mass is 9.78. The van der Waals surface area contributed by atoms with Gasteiger partial charge >= 0.3 is 0 Å². The quantitative estimate of drug-likeness (QED) is 0.513. The molecule has 0 unspecified atom stereocenters. The van der Waals surface area contributed by atoms with Crippen LogP contribution in [0.3, 0.4) is 0 Å². The number of thiazole rings is 1. The van der Waals surface area contributed by atoms with Gasteiger partial charge in [-0.05, 0) is 30.5 Å². The molecule has 0 bridgehead atoms. The smallest absolute Gasteiger partial charge is 0.248 e.